The van der Waals surface area contributed by atoms with Gasteiger partial charge in [-0.3, -0.25) is 9.89 Å². The van der Waals surface area contributed by atoms with Crippen LogP contribution < -0.4 is 0 Å². The van der Waals surface area contributed by atoms with Crippen LogP contribution in [0.25, 0.3) is 11.4 Å². The molecule has 4 nitrogen and oxygen atoms in total. The van der Waals surface area contributed by atoms with E-state index in [0.717, 1.165) is 4.88 Å². The van der Waals surface area contributed by atoms with E-state index in [-0.39, 0.29) is 5.15 Å². The summed E-state index contributed by atoms with van der Waals surface area (Å²) in [5.41, 5.74) is 3.30. The minimum absolute atomic E-state index is 0.252. The monoisotopic (exact) mass is 227 g/mol. The number of carbonyl (C=O) groups is 1. The smallest absolute Gasteiger partial charge is 0.155 e. The fourth-order valence-corrected chi connectivity index (χ4v) is 1.90. The molecule has 2 aromatic rings. The highest BCUT2D eigenvalue weighted by Crippen LogP contribution is 2.28. The minimum atomic E-state index is 0.252. The van der Waals surface area contributed by atoms with E-state index in [4.69, 9.17) is 11.6 Å². The Labute approximate surface area is 88.9 Å². The summed E-state index contributed by atoms with van der Waals surface area (Å²) < 4.78 is 0. The largest absolute Gasteiger partial charge is 0.298 e. The summed E-state index contributed by atoms with van der Waals surface area (Å²) >= 11 is 7.24. The number of hydrogen-bond acceptors (Lipinski definition) is 4. The zero-order valence-electron chi connectivity index (χ0n) is 7.24. The van der Waals surface area contributed by atoms with Gasteiger partial charge in [0.1, 0.15) is 16.5 Å². The average molecular weight is 228 g/mol. The summed E-state index contributed by atoms with van der Waals surface area (Å²) in [6.07, 6.45) is 0.681. The fraction of sp³-hybridized carbons (Fsp3) is 0.125. The summed E-state index contributed by atoms with van der Waals surface area (Å²) in [5.74, 6) is 0. The number of aryl methyl sites for hydroxylation is 1. The zero-order chi connectivity index (χ0) is 10.1. The molecule has 0 fully saturated rings. The van der Waals surface area contributed by atoms with Crippen LogP contribution in [0.5, 0.6) is 0 Å². The number of aromatic nitrogens is 3. The van der Waals surface area contributed by atoms with E-state index in [1.807, 2.05) is 6.92 Å². The van der Waals surface area contributed by atoms with Crippen molar-refractivity contribution >= 4 is 29.2 Å². The summed E-state index contributed by atoms with van der Waals surface area (Å²) in [6, 6.07) is 0. The van der Waals surface area contributed by atoms with E-state index >= 15 is 0 Å². The Kier molecular flexibility index (Phi) is 2.35. The third kappa shape index (κ3) is 1.34. The van der Waals surface area contributed by atoms with Crippen molar-refractivity contribution in [3.63, 3.8) is 0 Å². The lowest BCUT2D eigenvalue weighted by Crippen LogP contribution is -1.86. The summed E-state index contributed by atoms with van der Waals surface area (Å²) in [6.45, 7) is 1.92. The van der Waals surface area contributed by atoms with Gasteiger partial charge in [0.15, 0.2) is 6.29 Å². The maximum absolute atomic E-state index is 10.7. The number of halogens is 1. The average Bonchev–Trinajstić information content (AvgIpc) is 2.71. The first kappa shape index (κ1) is 9.36. The molecule has 6 heteroatoms. The van der Waals surface area contributed by atoms with Crippen LogP contribution in [0, 0.1) is 6.92 Å². The highest BCUT2D eigenvalue weighted by Gasteiger charge is 2.16. The van der Waals surface area contributed by atoms with Crippen molar-refractivity contribution in [2.45, 2.75) is 6.92 Å². The number of carbonyl (C=O) groups excluding carboxylic acids is 1. The van der Waals surface area contributed by atoms with E-state index in [1.54, 1.807) is 5.51 Å². The van der Waals surface area contributed by atoms with Crippen molar-refractivity contribution in [1.29, 1.82) is 0 Å². The number of thiazole rings is 1. The first-order chi connectivity index (χ1) is 6.74. The number of nitrogens with one attached hydrogen (secondary N) is 1. The SMILES string of the molecule is Cc1scnc1-c1n[nH]c(Cl)c1C=O. The van der Waals surface area contributed by atoms with Gasteiger partial charge in [-0.15, -0.1) is 11.3 Å². The molecule has 1 N–H and O–H groups in total. The quantitative estimate of drug-likeness (QED) is 0.801. The van der Waals surface area contributed by atoms with Gasteiger partial charge in [0.25, 0.3) is 0 Å². The lowest BCUT2D eigenvalue weighted by Gasteiger charge is -1.92. The Morgan fingerprint density at radius 2 is 2.36 bits per heavy atom. The van der Waals surface area contributed by atoms with Crippen LogP contribution >= 0.6 is 22.9 Å². The van der Waals surface area contributed by atoms with E-state index in [1.165, 1.54) is 11.3 Å². The molecule has 0 amide bonds. The van der Waals surface area contributed by atoms with Gasteiger partial charge in [0, 0.05) is 4.88 Å². The van der Waals surface area contributed by atoms with Gasteiger partial charge in [0.2, 0.25) is 0 Å². The zero-order valence-corrected chi connectivity index (χ0v) is 8.82. The Morgan fingerprint density at radius 3 is 2.93 bits per heavy atom. The normalized spacial score (nSPS) is 10.4. The van der Waals surface area contributed by atoms with Crippen LogP contribution in [0.3, 0.4) is 0 Å². The van der Waals surface area contributed by atoms with Crippen molar-refractivity contribution < 1.29 is 4.79 Å². The van der Waals surface area contributed by atoms with Gasteiger partial charge in [-0.1, -0.05) is 11.6 Å². The molecule has 0 aliphatic carbocycles. The molecule has 0 spiro atoms. The van der Waals surface area contributed by atoms with Crippen molar-refractivity contribution in [2.75, 3.05) is 0 Å². The van der Waals surface area contributed by atoms with Gasteiger partial charge in [0.05, 0.1) is 11.1 Å². The fourth-order valence-electron chi connectivity index (χ4n) is 1.15. The third-order valence-electron chi connectivity index (χ3n) is 1.84. The van der Waals surface area contributed by atoms with E-state index in [2.05, 4.69) is 15.2 Å². The summed E-state index contributed by atoms with van der Waals surface area (Å²) in [7, 11) is 0. The molecule has 2 heterocycles. The minimum Gasteiger partial charge on any atom is -0.298 e. The van der Waals surface area contributed by atoms with Crippen LogP contribution in [0.1, 0.15) is 15.2 Å². The van der Waals surface area contributed by atoms with Crippen LogP contribution in [-0.4, -0.2) is 21.5 Å². The number of rotatable bonds is 2. The van der Waals surface area contributed by atoms with Crippen molar-refractivity contribution in [3.05, 3.63) is 21.1 Å². The van der Waals surface area contributed by atoms with Gasteiger partial charge in [-0.2, -0.15) is 5.10 Å². The highest BCUT2D eigenvalue weighted by molar-refractivity contribution is 7.10. The molecule has 0 aliphatic rings. The molecule has 0 aromatic carbocycles. The molecule has 0 radical (unpaired) electrons. The van der Waals surface area contributed by atoms with Crippen LogP contribution in [0.4, 0.5) is 0 Å². The van der Waals surface area contributed by atoms with Crippen LogP contribution in [-0.2, 0) is 0 Å². The van der Waals surface area contributed by atoms with Gasteiger partial charge < -0.3 is 0 Å². The molecule has 72 valence electrons. The van der Waals surface area contributed by atoms with Gasteiger partial charge in [-0.05, 0) is 6.92 Å². The van der Waals surface area contributed by atoms with Crippen molar-refractivity contribution in [3.8, 4) is 11.4 Å². The molecule has 0 atom stereocenters. The predicted molar refractivity (Wildman–Crippen MR) is 54.8 cm³/mol. The number of nitrogens with zero attached hydrogens (tertiary/aromatic N) is 2. The lowest BCUT2D eigenvalue weighted by atomic mass is 10.2. The highest BCUT2D eigenvalue weighted by atomic mass is 35.5. The molecule has 0 saturated carbocycles. The number of H-pyrrole nitrogens is 1. The van der Waals surface area contributed by atoms with Gasteiger partial charge in [-0.25, -0.2) is 4.98 Å². The molecular weight excluding hydrogens is 222 g/mol. The molecule has 0 saturated heterocycles. The molecule has 2 aromatic heterocycles. The predicted octanol–water partition coefficient (Wildman–Crippen LogP) is 2.31. The number of aldehydes is 1. The van der Waals surface area contributed by atoms with Crippen LogP contribution in [0.15, 0.2) is 5.51 Å². The van der Waals surface area contributed by atoms with E-state index < -0.39 is 0 Å². The third-order valence-corrected chi connectivity index (χ3v) is 2.89. The first-order valence-electron chi connectivity index (χ1n) is 3.83. The van der Waals surface area contributed by atoms with Crippen LogP contribution in [0.2, 0.25) is 5.15 Å². The van der Waals surface area contributed by atoms with E-state index in [0.29, 0.717) is 23.2 Å². The molecule has 0 unspecified atom stereocenters. The molecule has 14 heavy (non-hydrogen) atoms. The Balaban J connectivity index is 2.62. The van der Waals surface area contributed by atoms with Crippen molar-refractivity contribution in [1.82, 2.24) is 15.2 Å². The molecular formula is C8H6ClN3OS. The summed E-state index contributed by atoms with van der Waals surface area (Å²) in [4.78, 5) is 15.9. The van der Waals surface area contributed by atoms with Gasteiger partial charge >= 0.3 is 0 Å². The second-order valence-electron chi connectivity index (χ2n) is 2.67. The Morgan fingerprint density at radius 1 is 1.57 bits per heavy atom. The molecule has 0 aliphatic heterocycles. The Bertz CT molecular complexity index is 477. The summed E-state index contributed by atoms with van der Waals surface area (Å²) in [5, 5.41) is 6.75. The lowest BCUT2D eigenvalue weighted by molar-refractivity contribution is 0.112. The maximum Gasteiger partial charge on any atom is 0.155 e. The molecule has 0 bridgehead atoms. The first-order valence-corrected chi connectivity index (χ1v) is 5.09. The second kappa shape index (κ2) is 3.51. The van der Waals surface area contributed by atoms with E-state index in [9.17, 15) is 4.79 Å². The number of aromatic amines is 1. The standard InChI is InChI=1S/C8H6ClN3OS/c1-4-6(10-3-14-4)7-5(2-13)8(9)12-11-7/h2-3H,1H3,(H,11,12). The number of hydrogen-bond donors (Lipinski definition) is 1. The maximum atomic E-state index is 10.7. The second-order valence-corrected chi connectivity index (χ2v) is 4.11. The van der Waals surface area contributed by atoms with Crippen molar-refractivity contribution in [2.24, 2.45) is 0 Å². The topological polar surface area (TPSA) is 58.6 Å². The Hall–Kier alpha value is -1.20. The molecule has 2 rings (SSSR count).